The molecule has 2 heterocycles. The van der Waals surface area contributed by atoms with Gasteiger partial charge in [0.25, 0.3) is 11.6 Å². The molecule has 0 N–H and O–H groups in total. The van der Waals surface area contributed by atoms with Crippen molar-refractivity contribution in [3.8, 4) is 11.4 Å². The third-order valence-electron chi connectivity index (χ3n) is 4.85. The summed E-state index contributed by atoms with van der Waals surface area (Å²) in [7, 11) is 0. The van der Waals surface area contributed by atoms with Crippen LogP contribution in [0.1, 0.15) is 40.7 Å². The number of hydrogen-bond acceptors (Lipinski definition) is 6. The highest BCUT2D eigenvalue weighted by molar-refractivity contribution is 5.95. The lowest BCUT2D eigenvalue weighted by Gasteiger charge is -2.21. The third-order valence-corrected chi connectivity index (χ3v) is 4.85. The maximum absolute atomic E-state index is 12.9. The van der Waals surface area contributed by atoms with Crippen LogP contribution in [0.3, 0.4) is 0 Å². The average molecular weight is 378 g/mol. The van der Waals surface area contributed by atoms with Gasteiger partial charge in [0.2, 0.25) is 11.7 Å². The van der Waals surface area contributed by atoms with Gasteiger partial charge in [0.15, 0.2) is 0 Å². The largest absolute Gasteiger partial charge is 0.337 e. The van der Waals surface area contributed by atoms with Crippen LogP contribution in [0.25, 0.3) is 11.4 Å². The van der Waals surface area contributed by atoms with Crippen molar-refractivity contribution in [2.75, 3.05) is 6.54 Å². The van der Waals surface area contributed by atoms with Crippen LogP contribution in [0, 0.1) is 17.0 Å². The van der Waals surface area contributed by atoms with E-state index in [2.05, 4.69) is 10.1 Å². The van der Waals surface area contributed by atoms with Gasteiger partial charge in [-0.3, -0.25) is 14.9 Å². The summed E-state index contributed by atoms with van der Waals surface area (Å²) < 4.78 is 5.45. The van der Waals surface area contributed by atoms with Gasteiger partial charge in [0.1, 0.15) is 6.04 Å². The number of carbonyl (C=O) groups excluding carboxylic acids is 1. The lowest BCUT2D eigenvalue weighted by atomic mass is 10.1. The summed E-state index contributed by atoms with van der Waals surface area (Å²) in [6.07, 6.45) is 1.50. The zero-order valence-corrected chi connectivity index (χ0v) is 15.2. The Kier molecular flexibility index (Phi) is 4.60. The molecule has 1 saturated heterocycles. The lowest BCUT2D eigenvalue weighted by Crippen LogP contribution is -2.30. The summed E-state index contributed by atoms with van der Waals surface area (Å²) in [6.45, 7) is 2.54. The number of carbonyl (C=O) groups is 1. The van der Waals surface area contributed by atoms with Gasteiger partial charge in [-0.1, -0.05) is 41.1 Å². The van der Waals surface area contributed by atoms with Crippen LogP contribution >= 0.6 is 0 Å². The molecule has 0 bridgehead atoms. The minimum atomic E-state index is -0.510. The molecule has 1 aliphatic rings. The summed E-state index contributed by atoms with van der Waals surface area (Å²) in [4.78, 5) is 29.5. The maximum Gasteiger partial charge on any atom is 0.270 e. The number of nitro groups is 1. The van der Waals surface area contributed by atoms with Crippen LogP contribution in [0.4, 0.5) is 5.69 Å². The monoisotopic (exact) mass is 378 g/mol. The fourth-order valence-electron chi connectivity index (χ4n) is 3.38. The first-order valence-corrected chi connectivity index (χ1v) is 8.99. The van der Waals surface area contributed by atoms with Crippen LogP contribution in [0.15, 0.2) is 53.1 Å². The molecule has 8 heteroatoms. The van der Waals surface area contributed by atoms with E-state index in [1.165, 1.54) is 18.2 Å². The Morgan fingerprint density at radius 2 is 2.04 bits per heavy atom. The number of benzene rings is 2. The van der Waals surface area contributed by atoms with Gasteiger partial charge >= 0.3 is 0 Å². The second-order valence-electron chi connectivity index (χ2n) is 6.79. The minimum absolute atomic E-state index is 0.110. The molecule has 1 aromatic heterocycles. The van der Waals surface area contributed by atoms with E-state index in [-0.39, 0.29) is 23.2 Å². The molecule has 0 aliphatic carbocycles. The van der Waals surface area contributed by atoms with Crippen LogP contribution in [-0.2, 0) is 0 Å². The fourth-order valence-corrected chi connectivity index (χ4v) is 3.38. The Morgan fingerprint density at radius 3 is 2.79 bits per heavy atom. The number of nitro benzene ring substituents is 1. The van der Waals surface area contributed by atoms with Crippen molar-refractivity contribution in [2.24, 2.45) is 0 Å². The summed E-state index contributed by atoms with van der Waals surface area (Å²) in [5.74, 6) is 0.581. The molecule has 1 unspecified atom stereocenters. The lowest BCUT2D eigenvalue weighted by molar-refractivity contribution is -0.384. The van der Waals surface area contributed by atoms with E-state index in [1.807, 2.05) is 31.2 Å². The van der Waals surface area contributed by atoms with Gasteiger partial charge in [0.05, 0.1) is 4.92 Å². The van der Waals surface area contributed by atoms with E-state index < -0.39 is 4.92 Å². The van der Waals surface area contributed by atoms with Crippen LogP contribution < -0.4 is 0 Å². The summed E-state index contributed by atoms with van der Waals surface area (Å²) >= 11 is 0. The molecule has 2 aromatic carbocycles. The quantitative estimate of drug-likeness (QED) is 0.503. The fraction of sp³-hybridized carbons (Fsp3) is 0.250. The number of nitrogens with zero attached hydrogens (tertiary/aromatic N) is 4. The van der Waals surface area contributed by atoms with E-state index in [4.69, 9.17) is 4.52 Å². The topological polar surface area (TPSA) is 102 Å². The maximum atomic E-state index is 12.9. The smallest absolute Gasteiger partial charge is 0.270 e. The van der Waals surface area contributed by atoms with Crippen molar-refractivity contribution in [2.45, 2.75) is 25.8 Å². The minimum Gasteiger partial charge on any atom is -0.337 e. The van der Waals surface area contributed by atoms with Crippen molar-refractivity contribution in [3.05, 3.63) is 75.7 Å². The number of amides is 1. The van der Waals surface area contributed by atoms with Gasteiger partial charge in [-0.05, 0) is 25.8 Å². The molecular weight excluding hydrogens is 360 g/mol. The summed E-state index contributed by atoms with van der Waals surface area (Å²) in [5.41, 5.74) is 2.15. The molecule has 3 aromatic rings. The zero-order valence-electron chi connectivity index (χ0n) is 15.2. The highest BCUT2D eigenvalue weighted by Crippen LogP contribution is 2.33. The Morgan fingerprint density at radius 1 is 1.25 bits per heavy atom. The van der Waals surface area contributed by atoms with E-state index in [0.29, 0.717) is 24.7 Å². The standard InChI is InChI=1S/C20H18N4O4/c1-13-7-9-14(10-8-13)18-21-19(28-22-18)17-6-3-11-23(17)20(25)15-4-2-5-16(12-15)24(26)27/h2,4-5,7-10,12,17H,3,6,11H2,1H3. The van der Waals surface area contributed by atoms with Gasteiger partial charge < -0.3 is 9.42 Å². The molecule has 1 fully saturated rings. The predicted molar refractivity (Wildman–Crippen MR) is 101 cm³/mol. The van der Waals surface area contributed by atoms with Gasteiger partial charge in [-0.25, -0.2) is 0 Å². The van der Waals surface area contributed by atoms with Crippen LogP contribution in [-0.4, -0.2) is 32.4 Å². The molecule has 4 rings (SSSR count). The molecule has 1 aliphatic heterocycles. The molecule has 1 atom stereocenters. The van der Waals surface area contributed by atoms with Gasteiger partial charge in [0, 0.05) is 29.8 Å². The normalized spacial score (nSPS) is 16.3. The van der Waals surface area contributed by atoms with Crippen LogP contribution in [0.2, 0.25) is 0 Å². The van der Waals surface area contributed by atoms with Crippen molar-refractivity contribution in [1.82, 2.24) is 15.0 Å². The Balaban J connectivity index is 1.59. The van der Waals surface area contributed by atoms with E-state index in [9.17, 15) is 14.9 Å². The van der Waals surface area contributed by atoms with Crippen molar-refractivity contribution >= 4 is 11.6 Å². The third kappa shape index (κ3) is 3.36. The number of rotatable bonds is 4. The summed E-state index contributed by atoms with van der Waals surface area (Å²) in [6, 6.07) is 13.2. The number of non-ortho nitro benzene ring substituents is 1. The zero-order chi connectivity index (χ0) is 19.7. The predicted octanol–water partition coefficient (Wildman–Crippen LogP) is 3.93. The van der Waals surface area contributed by atoms with Crippen LogP contribution in [0.5, 0.6) is 0 Å². The molecule has 142 valence electrons. The average Bonchev–Trinajstić information content (AvgIpc) is 3.37. The van der Waals surface area contributed by atoms with Gasteiger partial charge in [-0.2, -0.15) is 4.98 Å². The van der Waals surface area contributed by atoms with Crippen molar-refractivity contribution in [3.63, 3.8) is 0 Å². The number of likely N-dealkylation sites (tertiary alicyclic amines) is 1. The molecule has 1 amide bonds. The Labute approximate surface area is 160 Å². The number of hydrogen-bond donors (Lipinski definition) is 0. The summed E-state index contributed by atoms with van der Waals surface area (Å²) in [5, 5.41) is 15.0. The molecular formula is C20H18N4O4. The second-order valence-corrected chi connectivity index (χ2v) is 6.79. The first-order chi connectivity index (χ1) is 13.5. The molecule has 0 saturated carbocycles. The number of aromatic nitrogens is 2. The van der Waals surface area contributed by atoms with E-state index in [1.54, 1.807) is 11.0 Å². The first-order valence-electron chi connectivity index (χ1n) is 8.99. The first kappa shape index (κ1) is 17.8. The SMILES string of the molecule is Cc1ccc(-c2noc(C3CCCN3C(=O)c3cccc([N+](=O)[O-])c3)n2)cc1. The molecule has 0 radical (unpaired) electrons. The second kappa shape index (κ2) is 7.22. The number of aryl methyl sites for hydroxylation is 1. The van der Waals surface area contributed by atoms with E-state index in [0.717, 1.165) is 17.5 Å². The molecule has 28 heavy (non-hydrogen) atoms. The highest BCUT2D eigenvalue weighted by Gasteiger charge is 2.35. The van der Waals surface area contributed by atoms with Gasteiger partial charge in [-0.15, -0.1) is 0 Å². The highest BCUT2D eigenvalue weighted by atomic mass is 16.6. The molecule has 0 spiro atoms. The Bertz CT molecular complexity index is 1030. The Hall–Kier alpha value is -3.55. The van der Waals surface area contributed by atoms with E-state index >= 15 is 0 Å². The van der Waals surface area contributed by atoms with Crippen molar-refractivity contribution < 1.29 is 14.2 Å². The van der Waals surface area contributed by atoms with Crippen molar-refractivity contribution in [1.29, 1.82) is 0 Å². The molecule has 8 nitrogen and oxygen atoms in total.